The Hall–Kier alpha value is -0.690. The second-order valence-electron chi connectivity index (χ2n) is 2.91. The fourth-order valence-electron chi connectivity index (χ4n) is 1.05. The Morgan fingerprint density at radius 3 is 2.77 bits per heavy atom. The van der Waals surface area contributed by atoms with Crippen molar-refractivity contribution in [1.29, 1.82) is 0 Å². The molecule has 0 aliphatic carbocycles. The Labute approximate surface area is 76.1 Å². The molecular formula is C7H14N2O4. The van der Waals surface area contributed by atoms with Gasteiger partial charge in [0.1, 0.15) is 25.4 Å². The summed E-state index contributed by atoms with van der Waals surface area (Å²) in [5.41, 5.74) is 2.56. The van der Waals surface area contributed by atoms with Gasteiger partial charge in [0, 0.05) is 0 Å². The Balaban J connectivity index is 2.53. The Morgan fingerprint density at radius 1 is 1.46 bits per heavy atom. The molecule has 0 aromatic rings. The van der Waals surface area contributed by atoms with Crippen molar-refractivity contribution in [2.45, 2.75) is 31.3 Å². The molecule has 0 aromatic carbocycles. The summed E-state index contributed by atoms with van der Waals surface area (Å²) in [4.78, 5) is 9.41. The van der Waals surface area contributed by atoms with Crippen molar-refractivity contribution >= 4 is 6.21 Å². The van der Waals surface area contributed by atoms with E-state index in [0.717, 1.165) is 0 Å². The molecule has 1 saturated heterocycles. The lowest BCUT2D eigenvalue weighted by molar-refractivity contribution is -0.164. The van der Waals surface area contributed by atoms with Crippen LogP contribution in [0.2, 0.25) is 0 Å². The van der Waals surface area contributed by atoms with Crippen LogP contribution in [-0.4, -0.2) is 47.9 Å². The smallest absolute Gasteiger partial charge is 0.146 e. The molecule has 0 radical (unpaired) electrons. The highest BCUT2D eigenvalue weighted by Crippen LogP contribution is 2.11. The number of oxime groups is 1. The van der Waals surface area contributed by atoms with Gasteiger partial charge in [-0.2, -0.15) is 5.48 Å². The number of nitrogens with one attached hydrogen (secondary N) is 1. The monoisotopic (exact) mass is 190 g/mol. The minimum atomic E-state index is -0.991. The summed E-state index contributed by atoms with van der Waals surface area (Å²) in [5, 5.41) is 22.3. The summed E-state index contributed by atoms with van der Waals surface area (Å²) in [7, 11) is 1.39. The number of hydrogen-bond acceptors (Lipinski definition) is 6. The highest BCUT2D eigenvalue weighted by molar-refractivity contribution is 5.63. The summed E-state index contributed by atoms with van der Waals surface area (Å²) < 4.78 is 0. The minimum absolute atomic E-state index is 0.304. The molecule has 0 saturated carbocycles. The summed E-state index contributed by atoms with van der Waals surface area (Å²) in [6, 6.07) is -0.304. The molecule has 1 aliphatic rings. The van der Waals surface area contributed by atoms with Crippen LogP contribution in [0.4, 0.5) is 0 Å². The number of aliphatic hydroxyl groups is 2. The molecule has 4 unspecified atom stereocenters. The van der Waals surface area contributed by atoms with Crippen LogP contribution in [0.5, 0.6) is 0 Å². The largest absolute Gasteiger partial charge is 0.399 e. The lowest BCUT2D eigenvalue weighted by Crippen LogP contribution is -2.57. The first-order valence-corrected chi connectivity index (χ1v) is 4.00. The SMILES string of the molecule is CO/N=C/C1ONC(C)C(O)C1O. The van der Waals surface area contributed by atoms with Crippen LogP contribution < -0.4 is 5.48 Å². The molecule has 0 bridgehead atoms. The van der Waals surface area contributed by atoms with Gasteiger partial charge in [0.15, 0.2) is 0 Å². The topological polar surface area (TPSA) is 83.3 Å². The van der Waals surface area contributed by atoms with Crippen molar-refractivity contribution in [2.24, 2.45) is 5.16 Å². The van der Waals surface area contributed by atoms with Crippen molar-refractivity contribution in [3.8, 4) is 0 Å². The highest BCUT2D eigenvalue weighted by Gasteiger charge is 2.35. The van der Waals surface area contributed by atoms with Gasteiger partial charge in [0.2, 0.25) is 0 Å². The predicted molar refractivity (Wildman–Crippen MR) is 45.0 cm³/mol. The zero-order chi connectivity index (χ0) is 9.84. The first kappa shape index (κ1) is 10.4. The van der Waals surface area contributed by atoms with Crippen molar-refractivity contribution in [1.82, 2.24) is 5.48 Å². The average Bonchev–Trinajstić information content (AvgIpc) is 2.13. The van der Waals surface area contributed by atoms with Gasteiger partial charge >= 0.3 is 0 Å². The fourth-order valence-corrected chi connectivity index (χ4v) is 1.05. The molecule has 4 atom stereocenters. The Kier molecular flexibility index (Phi) is 3.61. The van der Waals surface area contributed by atoms with E-state index in [0.29, 0.717) is 0 Å². The van der Waals surface area contributed by atoms with Gasteiger partial charge in [0.05, 0.1) is 12.3 Å². The number of hydroxylamine groups is 1. The molecular weight excluding hydrogens is 176 g/mol. The number of aliphatic hydroxyl groups excluding tert-OH is 2. The maximum Gasteiger partial charge on any atom is 0.146 e. The second kappa shape index (κ2) is 4.52. The van der Waals surface area contributed by atoms with Crippen molar-refractivity contribution < 1.29 is 19.9 Å². The predicted octanol–water partition coefficient (Wildman–Crippen LogP) is -1.37. The molecule has 1 aliphatic heterocycles. The molecule has 1 heterocycles. The lowest BCUT2D eigenvalue weighted by Gasteiger charge is -2.34. The van der Waals surface area contributed by atoms with E-state index in [1.54, 1.807) is 6.92 Å². The number of rotatable bonds is 2. The van der Waals surface area contributed by atoms with Gasteiger partial charge in [0.25, 0.3) is 0 Å². The summed E-state index contributed by atoms with van der Waals surface area (Å²) in [6.45, 7) is 1.71. The van der Waals surface area contributed by atoms with E-state index in [4.69, 9.17) is 4.84 Å². The van der Waals surface area contributed by atoms with E-state index in [1.165, 1.54) is 13.3 Å². The first-order valence-electron chi connectivity index (χ1n) is 4.00. The third kappa shape index (κ3) is 2.38. The summed E-state index contributed by atoms with van der Waals surface area (Å²) in [6.07, 6.45) is -1.27. The molecule has 13 heavy (non-hydrogen) atoms. The minimum Gasteiger partial charge on any atom is -0.399 e. The molecule has 0 amide bonds. The molecule has 6 nitrogen and oxygen atoms in total. The van der Waals surface area contributed by atoms with Crippen molar-refractivity contribution in [3.05, 3.63) is 0 Å². The van der Waals surface area contributed by atoms with Gasteiger partial charge in [-0.1, -0.05) is 5.16 Å². The van der Waals surface area contributed by atoms with Gasteiger partial charge in [-0.05, 0) is 6.92 Å². The zero-order valence-electron chi connectivity index (χ0n) is 7.54. The van der Waals surface area contributed by atoms with Gasteiger partial charge < -0.3 is 15.1 Å². The van der Waals surface area contributed by atoms with E-state index in [1.807, 2.05) is 0 Å². The Bertz CT molecular complexity index is 187. The van der Waals surface area contributed by atoms with E-state index in [2.05, 4.69) is 15.5 Å². The normalized spacial score (nSPS) is 40.9. The molecule has 0 aromatic heterocycles. The second-order valence-corrected chi connectivity index (χ2v) is 2.91. The quantitative estimate of drug-likeness (QED) is 0.370. The highest BCUT2D eigenvalue weighted by atomic mass is 16.7. The van der Waals surface area contributed by atoms with Crippen LogP contribution >= 0.6 is 0 Å². The van der Waals surface area contributed by atoms with E-state index >= 15 is 0 Å². The maximum absolute atomic E-state index is 9.47. The molecule has 76 valence electrons. The van der Waals surface area contributed by atoms with Crippen molar-refractivity contribution in [3.63, 3.8) is 0 Å². The van der Waals surface area contributed by atoms with E-state index in [9.17, 15) is 10.2 Å². The first-order chi connectivity index (χ1) is 6.16. The van der Waals surface area contributed by atoms with Crippen LogP contribution in [-0.2, 0) is 9.68 Å². The average molecular weight is 190 g/mol. The Morgan fingerprint density at radius 2 is 2.15 bits per heavy atom. The van der Waals surface area contributed by atoms with Crippen LogP contribution in [0.25, 0.3) is 0 Å². The van der Waals surface area contributed by atoms with Gasteiger partial charge in [-0.15, -0.1) is 0 Å². The number of hydrogen-bond donors (Lipinski definition) is 3. The van der Waals surface area contributed by atoms with E-state index in [-0.39, 0.29) is 6.04 Å². The fraction of sp³-hybridized carbons (Fsp3) is 0.857. The maximum atomic E-state index is 9.47. The molecule has 3 N–H and O–H groups in total. The molecule has 1 rings (SSSR count). The number of nitrogens with zero attached hydrogens (tertiary/aromatic N) is 1. The lowest BCUT2D eigenvalue weighted by atomic mass is 10.0. The zero-order valence-corrected chi connectivity index (χ0v) is 7.54. The third-order valence-corrected chi connectivity index (χ3v) is 1.90. The van der Waals surface area contributed by atoms with Crippen LogP contribution in [0, 0.1) is 0 Å². The summed E-state index contributed by atoms with van der Waals surface area (Å²) >= 11 is 0. The summed E-state index contributed by atoms with van der Waals surface area (Å²) in [5.74, 6) is 0. The molecule has 6 heteroatoms. The van der Waals surface area contributed by atoms with Gasteiger partial charge in [-0.3, -0.25) is 4.84 Å². The van der Waals surface area contributed by atoms with Gasteiger partial charge in [-0.25, -0.2) is 0 Å². The van der Waals surface area contributed by atoms with E-state index < -0.39 is 18.3 Å². The molecule has 1 fully saturated rings. The van der Waals surface area contributed by atoms with Crippen molar-refractivity contribution in [2.75, 3.05) is 7.11 Å². The standard InChI is InChI=1S/C7H14N2O4/c1-4-6(10)7(11)5(13-9-4)3-8-12-2/h3-7,9-11H,1-2H3/b8-3+. The van der Waals surface area contributed by atoms with Crippen LogP contribution in [0.3, 0.4) is 0 Å². The van der Waals surface area contributed by atoms with Crippen LogP contribution in [0.15, 0.2) is 5.16 Å². The molecule has 0 spiro atoms. The van der Waals surface area contributed by atoms with Crippen LogP contribution in [0.1, 0.15) is 6.92 Å². The third-order valence-electron chi connectivity index (χ3n) is 1.90.